The molecular formula is C15H8ClF3N2O2. The van der Waals surface area contributed by atoms with Crippen LogP contribution in [0.5, 0.6) is 0 Å². The van der Waals surface area contributed by atoms with E-state index in [2.05, 4.69) is 4.98 Å². The van der Waals surface area contributed by atoms with Gasteiger partial charge in [-0.2, -0.15) is 13.2 Å². The average molecular weight is 341 g/mol. The molecule has 0 aliphatic heterocycles. The van der Waals surface area contributed by atoms with Crippen molar-refractivity contribution in [3.05, 3.63) is 58.9 Å². The SMILES string of the molecule is O=C(O)c1nc2c(Cl)cc(C(F)(F)F)cn2c1-c1ccccc1. The van der Waals surface area contributed by atoms with Gasteiger partial charge in [0.1, 0.15) is 0 Å². The monoisotopic (exact) mass is 340 g/mol. The summed E-state index contributed by atoms with van der Waals surface area (Å²) in [6.07, 6.45) is -3.82. The van der Waals surface area contributed by atoms with Crippen LogP contribution in [0.2, 0.25) is 5.02 Å². The molecule has 0 saturated carbocycles. The average Bonchev–Trinajstić information content (AvgIpc) is 2.87. The number of hydrogen-bond donors (Lipinski definition) is 1. The molecule has 0 unspecified atom stereocenters. The van der Waals surface area contributed by atoms with Crippen LogP contribution in [0.25, 0.3) is 16.9 Å². The topological polar surface area (TPSA) is 54.6 Å². The Kier molecular flexibility index (Phi) is 3.52. The van der Waals surface area contributed by atoms with Crippen molar-refractivity contribution in [1.29, 1.82) is 0 Å². The molecule has 0 spiro atoms. The highest BCUT2D eigenvalue weighted by Crippen LogP contribution is 2.35. The van der Waals surface area contributed by atoms with Gasteiger partial charge in [-0.15, -0.1) is 0 Å². The van der Waals surface area contributed by atoms with Gasteiger partial charge >= 0.3 is 12.1 Å². The number of halogens is 4. The van der Waals surface area contributed by atoms with Crippen LogP contribution in [0.3, 0.4) is 0 Å². The van der Waals surface area contributed by atoms with Crippen molar-refractivity contribution in [2.75, 3.05) is 0 Å². The van der Waals surface area contributed by atoms with E-state index >= 15 is 0 Å². The van der Waals surface area contributed by atoms with Gasteiger partial charge in [0, 0.05) is 11.8 Å². The van der Waals surface area contributed by atoms with Crippen molar-refractivity contribution in [3.63, 3.8) is 0 Å². The highest BCUT2D eigenvalue weighted by Gasteiger charge is 2.33. The highest BCUT2D eigenvalue weighted by atomic mass is 35.5. The lowest BCUT2D eigenvalue weighted by Crippen LogP contribution is -2.07. The first-order valence-corrected chi connectivity index (χ1v) is 6.74. The molecule has 23 heavy (non-hydrogen) atoms. The van der Waals surface area contributed by atoms with Gasteiger partial charge in [0.25, 0.3) is 0 Å². The van der Waals surface area contributed by atoms with Crippen molar-refractivity contribution < 1.29 is 23.1 Å². The minimum Gasteiger partial charge on any atom is -0.476 e. The number of hydrogen-bond acceptors (Lipinski definition) is 2. The number of benzene rings is 1. The molecule has 1 N–H and O–H groups in total. The number of nitrogens with zero attached hydrogens (tertiary/aromatic N) is 2. The molecular weight excluding hydrogens is 333 g/mol. The Morgan fingerprint density at radius 1 is 1.22 bits per heavy atom. The van der Waals surface area contributed by atoms with Crippen molar-refractivity contribution in [2.24, 2.45) is 0 Å². The number of carbonyl (C=O) groups is 1. The minimum absolute atomic E-state index is 0.0427. The van der Waals surface area contributed by atoms with E-state index in [-0.39, 0.29) is 22.1 Å². The molecule has 3 aromatic rings. The lowest BCUT2D eigenvalue weighted by molar-refractivity contribution is -0.137. The zero-order valence-electron chi connectivity index (χ0n) is 11.3. The first-order chi connectivity index (χ1) is 10.8. The zero-order valence-corrected chi connectivity index (χ0v) is 12.1. The van der Waals surface area contributed by atoms with E-state index in [1.54, 1.807) is 30.3 Å². The molecule has 0 fully saturated rings. The molecule has 0 atom stereocenters. The Labute approximate surface area is 132 Å². The summed E-state index contributed by atoms with van der Waals surface area (Å²) in [5.41, 5.74) is -0.927. The lowest BCUT2D eigenvalue weighted by atomic mass is 10.1. The zero-order chi connectivity index (χ0) is 16.8. The molecule has 0 aliphatic carbocycles. The second-order valence-corrected chi connectivity index (χ2v) is 5.16. The fourth-order valence-electron chi connectivity index (χ4n) is 2.28. The van der Waals surface area contributed by atoms with Gasteiger partial charge in [0.15, 0.2) is 11.3 Å². The standard InChI is InChI=1S/C15H8ClF3N2O2/c16-10-6-9(15(17,18)19)7-21-12(8-4-2-1-3-5-8)11(14(22)23)20-13(10)21/h1-7H,(H,22,23). The number of carboxylic acids is 1. The number of aromatic nitrogens is 2. The number of alkyl halides is 3. The van der Waals surface area contributed by atoms with E-state index in [4.69, 9.17) is 11.6 Å². The second kappa shape index (κ2) is 5.27. The summed E-state index contributed by atoms with van der Waals surface area (Å²) in [5.74, 6) is -1.35. The predicted octanol–water partition coefficient (Wildman–Crippen LogP) is 4.37. The largest absolute Gasteiger partial charge is 0.476 e. The van der Waals surface area contributed by atoms with E-state index in [0.717, 1.165) is 16.7 Å². The quantitative estimate of drug-likeness (QED) is 0.753. The van der Waals surface area contributed by atoms with Crippen LogP contribution in [-0.4, -0.2) is 20.5 Å². The molecule has 118 valence electrons. The maximum absolute atomic E-state index is 13.0. The molecule has 0 amide bonds. The Bertz CT molecular complexity index is 904. The van der Waals surface area contributed by atoms with Crippen LogP contribution < -0.4 is 0 Å². The number of pyridine rings is 1. The molecule has 4 nitrogen and oxygen atoms in total. The summed E-state index contributed by atoms with van der Waals surface area (Å²) in [4.78, 5) is 15.3. The van der Waals surface area contributed by atoms with Gasteiger partial charge in [0.05, 0.1) is 16.3 Å². The van der Waals surface area contributed by atoms with E-state index in [1.807, 2.05) is 0 Å². The third-order valence-corrected chi connectivity index (χ3v) is 3.53. The van der Waals surface area contributed by atoms with Crippen molar-refractivity contribution in [1.82, 2.24) is 9.38 Å². The third kappa shape index (κ3) is 2.63. The first-order valence-electron chi connectivity index (χ1n) is 6.36. The normalized spacial score (nSPS) is 11.8. The predicted molar refractivity (Wildman–Crippen MR) is 77.6 cm³/mol. The van der Waals surface area contributed by atoms with Crippen molar-refractivity contribution in [2.45, 2.75) is 6.18 Å². The van der Waals surface area contributed by atoms with E-state index < -0.39 is 17.7 Å². The van der Waals surface area contributed by atoms with Crippen LogP contribution in [0, 0.1) is 0 Å². The van der Waals surface area contributed by atoms with Crippen molar-refractivity contribution >= 4 is 23.2 Å². The Hall–Kier alpha value is -2.54. The molecule has 0 radical (unpaired) electrons. The number of fused-ring (bicyclic) bond motifs is 1. The molecule has 0 bridgehead atoms. The number of imidazole rings is 1. The molecule has 3 rings (SSSR count). The highest BCUT2D eigenvalue weighted by molar-refractivity contribution is 6.33. The first kappa shape index (κ1) is 15.4. The summed E-state index contributed by atoms with van der Waals surface area (Å²) >= 11 is 5.87. The maximum Gasteiger partial charge on any atom is 0.417 e. The van der Waals surface area contributed by atoms with Crippen LogP contribution >= 0.6 is 11.6 Å². The number of carboxylic acid groups (broad SMARTS) is 1. The minimum atomic E-state index is -4.61. The van der Waals surface area contributed by atoms with Gasteiger partial charge in [-0.05, 0) is 6.07 Å². The molecule has 2 aromatic heterocycles. The Balaban J connectivity index is 2.42. The summed E-state index contributed by atoms with van der Waals surface area (Å²) in [6.45, 7) is 0. The summed E-state index contributed by atoms with van der Waals surface area (Å²) in [5, 5.41) is 9.03. The Morgan fingerprint density at radius 3 is 2.43 bits per heavy atom. The van der Waals surface area contributed by atoms with Gasteiger partial charge < -0.3 is 5.11 Å². The van der Waals surface area contributed by atoms with E-state index in [0.29, 0.717) is 5.56 Å². The van der Waals surface area contributed by atoms with Crippen LogP contribution in [-0.2, 0) is 6.18 Å². The lowest BCUT2D eigenvalue weighted by Gasteiger charge is -2.10. The second-order valence-electron chi connectivity index (χ2n) is 4.75. The number of aromatic carboxylic acids is 1. The summed E-state index contributed by atoms with van der Waals surface area (Å²) < 4.78 is 40.0. The van der Waals surface area contributed by atoms with Crippen LogP contribution in [0.4, 0.5) is 13.2 Å². The molecule has 1 aromatic carbocycles. The Morgan fingerprint density at radius 2 is 1.87 bits per heavy atom. The van der Waals surface area contributed by atoms with E-state index in [9.17, 15) is 23.1 Å². The summed E-state index contributed by atoms with van der Waals surface area (Å²) in [6, 6.07) is 8.91. The molecule has 0 saturated heterocycles. The smallest absolute Gasteiger partial charge is 0.417 e. The number of rotatable bonds is 2. The molecule has 0 aliphatic rings. The molecule has 8 heteroatoms. The van der Waals surface area contributed by atoms with Gasteiger partial charge in [-0.25, -0.2) is 9.78 Å². The van der Waals surface area contributed by atoms with Gasteiger partial charge in [0.2, 0.25) is 0 Å². The third-order valence-electron chi connectivity index (χ3n) is 3.25. The molecule has 2 heterocycles. The van der Waals surface area contributed by atoms with Crippen molar-refractivity contribution in [3.8, 4) is 11.3 Å². The van der Waals surface area contributed by atoms with Gasteiger partial charge in [-0.3, -0.25) is 4.40 Å². The fraction of sp³-hybridized carbons (Fsp3) is 0.0667. The van der Waals surface area contributed by atoms with Crippen LogP contribution in [0.1, 0.15) is 16.1 Å². The van der Waals surface area contributed by atoms with E-state index in [1.165, 1.54) is 0 Å². The maximum atomic E-state index is 13.0. The van der Waals surface area contributed by atoms with Gasteiger partial charge in [-0.1, -0.05) is 41.9 Å². The summed E-state index contributed by atoms with van der Waals surface area (Å²) in [7, 11) is 0. The van der Waals surface area contributed by atoms with Crippen LogP contribution in [0.15, 0.2) is 42.6 Å². The fourth-order valence-corrected chi connectivity index (χ4v) is 2.53.